The van der Waals surface area contributed by atoms with Gasteiger partial charge >= 0.3 is 0 Å². The Bertz CT molecular complexity index is 584. The normalized spacial score (nSPS) is 10.8. The lowest BCUT2D eigenvalue weighted by Crippen LogP contribution is -2.31. The second-order valence-electron chi connectivity index (χ2n) is 4.34. The van der Waals surface area contributed by atoms with E-state index in [2.05, 4.69) is 36.7 Å². The number of nitrogens with zero attached hydrogens (tertiary/aromatic N) is 2. The molecule has 2 N–H and O–H groups in total. The van der Waals surface area contributed by atoms with Gasteiger partial charge in [0.05, 0.1) is 4.88 Å². The molecule has 114 valence electrons. The number of aryl methyl sites for hydroxylation is 1. The van der Waals surface area contributed by atoms with Crippen molar-refractivity contribution < 1.29 is 9.32 Å². The largest absolute Gasteiger partial charge is 0.355 e. The van der Waals surface area contributed by atoms with E-state index in [1.807, 2.05) is 18.4 Å². The SMILES string of the molecule is CCNCCNC(=O)CCc1nc(-c2cc(Br)cs2)no1. The number of carbonyl (C=O) groups excluding carboxylic acids is 1. The zero-order chi connectivity index (χ0) is 15.1. The predicted octanol–water partition coefficient (Wildman–Crippen LogP) is 2.22. The molecule has 0 aliphatic rings. The highest BCUT2D eigenvalue weighted by Crippen LogP contribution is 2.27. The van der Waals surface area contributed by atoms with Gasteiger partial charge in [-0.2, -0.15) is 4.98 Å². The van der Waals surface area contributed by atoms with Crippen LogP contribution in [0.2, 0.25) is 0 Å². The molecule has 1 amide bonds. The van der Waals surface area contributed by atoms with Crippen LogP contribution in [0.15, 0.2) is 20.4 Å². The number of thiophene rings is 1. The summed E-state index contributed by atoms with van der Waals surface area (Å²) >= 11 is 4.93. The second kappa shape index (κ2) is 8.26. The molecule has 2 aromatic rings. The average Bonchev–Trinajstić information content (AvgIpc) is 3.10. The molecule has 0 aromatic carbocycles. The third kappa shape index (κ3) is 5.22. The number of hydrogen-bond donors (Lipinski definition) is 2. The molecular weight excluding hydrogens is 356 g/mol. The fraction of sp³-hybridized carbons (Fsp3) is 0.462. The molecule has 2 rings (SSSR count). The molecule has 21 heavy (non-hydrogen) atoms. The van der Waals surface area contributed by atoms with Crippen LogP contribution in [0.1, 0.15) is 19.2 Å². The summed E-state index contributed by atoms with van der Waals surface area (Å²) in [6.45, 7) is 4.34. The summed E-state index contributed by atoms with van der Waals surface area (Å²) in [6, 6.07) is 1.94. The monoisotopic (exact) mass is 372 g/mol. The first-order chi connectivity index (χ1) is 10.2. The fourth-order valence-corrected chi connectivity index (χ4v) is 3.01. The average molecular weight is 373 g/mol. The number of halogens is 1. The van der Waals surface area contributed by atoms with Crippen molar-refractivity contribution in [1.82, 2.24) is 20.8 Å². The van der Waals surface area contributed by atoms with Crippen LogP contribution in [0.25, 0.3) is 10.7 Å². The maximum atomic E-state index is 11.6. The minimum Gasteiger partial charge on any atom is -0.355 e. The summed E-state index contributed by atoms with van der Waals surface area (Å²) in [5.41, 5.74) is 0. The van der Waals surface area contributed by atoms with Gasteiger partial charge in [0, 0.05) is 35.8 Å². The van der Waals surface area contributed by atoms with Crippen LogP contribution in [0.5, 0.6) is 0 Å². The highest BCUT2D eigenvalue weighted by atomic mass is 79.9. The van der Waals surface area contributed by atoms with Crippen molar-refractivity contribution in [2.24, 2.45) is 0 Å². The molecule has 0 unspecified atom stereocenters. The van der Waals surface area contributed by atoms with Gasteiger partial charge in [0.15, 0.2) is 0 Å². The minimum absolute atomic E-state index is 0.00785. The van der Waals surface area contributed by atoms with Crippen LogP contribution < -0.4 is 10.6 Å². The van der Waals surface area contributed by atoms with E-state index in [-0.39, 0.29) is 5.91 Å². The van der Waals surface area contributed by atoms with Crippen LogP contribution >= 0.6 is 27.3 Å². The number of hydrogen-bond acceptors (Lipinski definition) is 6. The first-order valence-electron chi connectivity index (χ1n) is 6.73. The second-order valence-corrected chi connectivity index (χ2v) is 6.17. The zero-order valence-corrected chi connectivity index (χ0v) is 14.1. The third-order valence-corrected chi connectivity index (χ3v) is 4.38. The third-order valence-electron chi connectivity index (χ3n) is 2.70. The molecule has 0 saturated carbocycles. The van der Waals surface area contributed by atoms with Crippen molar-refractivity contribution >= 4 is 33.2 Å². The van der Waals surface area contributed by atoms with Gasteiger partial charge in [-0.1, -0.05) is 12.1 Å². The molecular formula is C13H17BrN4O2S. The Morgan fingerprint density at radius 3 is 3.05 bits per heavy atom. The Morgan fingerprint density at radius 2 is 2.33 bits per heavy atom. The summed E-state index contributed by atoms with van der Waals surface area (Å²) in [5.74, 6) is 1.04. The molecule has 6 nitrogen and oxygen atoms in total. The van der Waals surface area contributed by atoms with E-state index in [1.54, 1.807) is 0 Å². The summed E-state index contributed by atoms with van der Waals surface area (Å²) in [7, 11) is 0. The molecule has 0 aliphatic heterocycles. The molecule has 2 aromatic heterocycles. The molecule has 0 radical (unpaired) electrons. The lowest BCUT2D eigenvalue weighted by molar-refractivity contribution is -0.121. The van der Waals surface area contributed by atoms with Crippen LogP contribution in [-0.2, 0) is 11.2 Å². The zero-order valence-electron chi connectivity index (χ0n) is 11.7. The fourth-order valence-electron chi connectivity index (χ4n) is 1.66. The molecule has 0 aliphatic carbocycles. The predicted molar refractivity (Wildman–Crippen MR) is 85.2 cm³/mol. The summed E-state index contributed by atoms with van der Waals surface area (Å²) < 4.78 is 6.15. The van der Waals surface area contributed by atoms with Crippen molar-refractivity contribution in [2.75, 3.05) is 19.6 Å². The van der Waals surface area contributed by atoms with Crippen molar-refractivity contribution in [3.8, 4) is 10.7 Å². The van der Waals surface area contributed by atoms with E-state index in [1.165, 1.54) is 11.3 Å². The first kappa shape index (κ1) is 16.1. The molecule has 0 spiro atoms. The maximum Gasteiger partial charge on any atom is 0.227 e. The summed E-state index contributed by atoms with van der Waals surface area (Å²) in [5, 5.41) is 11.9. The van der Waals surface area contributed by atoms with Gasteiger partial charge in [0.1, 0.15) is 0 Å². The topological polar surface area (TPSA) is 80.0 Å². The molecule has 0 fully saturated rings. The van der Waals surface area contributed by atoms with Crippen molar-refractivity contribution in [1.29, 1.82) is 0 Å². The van der Waals surface area contributed by atoms with Crippen molar-refractivity contribution in [3.63, 3.8) is 0 Å². The van der Waals surface area contributed by atoms with E-state index in [0.717, 1.165) is 22.4 Å². The number of likely N-dealkylation sites (N-methyl/N-ethyl adjacent to an activating group) is 1. The van der Waals surface area contributed by atoms with Crippen LogP contribution in [-0.4, -0.2) is 35.7 Å². The standard InChI is InChI=1S/C13H17BrN4O2S/c1-2-15-5-6-16-11(19)3-4-12-17-13(18-20-12)10-7-9(14)8-21-10/h7-8,15H,2-6H2,1H3,(H,16,19). The lowest BCUT2D eigenvalue weighted by atomic mass is 10.3. The van der Waals surface area contributed by atoms with Gasteiger partial charge in [0.2, 0.25) is 17.6 Å². The number of rotatable bonds is 8. The van der Waals surface area contributed by atoms with Gasteiger partial charge in [-0.05, 0) is 28.5 Å². The molecule has 0 atom stereocenters. The minimum atomic E-state index is -0.00785. The van der Waals surface area contributed by atoms with Crippen molar-refractivity contribution in [2.45, 2.75) is 19.8 Å². The Kier molecular flexibility index (Phi) is 6.34. The van der Waals surface area contributed by atoms with Gasteiger partial charge in [0.25, 0.3) is 0 Å². The molecule has 0 saturated heterocycles. The Balaban J connectivity index is 1.76. The number of nitrogens with one attached hydrogen (secondary N) is 2. The Hall–Kier alpha value is -1.25. The Morgan fingerprint density at radius 1 is 1.48 bits per heavy atom. The first-order valence-corrected chi connectivity index (χ1v) is 8.40. The summed E-state index contributed by atoms with van der Waals surface area (Å²) in [6.07, 6.45) is 0.800. The van der Waals surface area contributed by atoms with E-state index in [0.29, 0.717) is 31.1 Å². The molecule has 8 heteroatoms. The van der Waals surface area contributed by atoms with Crippen LogP contribution in [0, 0.1) is 0 Å². The van der Waals surface area contributed by atoms with Gasteiger partial charge in [-0.15, -0.1) is 11.3 Å². The number of carbonyl (C=O) groups is 1. The molecule has 2 heterocycles. The number of aromatic nitrogens is 2. The van der Waals surface area contributed by atoms with Gasteiger partial charge in [-0.3, -0.25) is 4.79 Å². The number of amides is 1. The highest BCUT2D eigenvalue weighted by Gasteiger charge is 2.11. The highest BCUT2D eigenvalue weighted by molar-refractivity contribution is 9.10. The summed E-state index contributed by atoms with van der Waals surface area (Å²) in [4.78, 5) is 16.9. The van der Waals surface area contributed by atoms with E-state index in [9.17, 15) is 4.79 Å². The quantitative estimate of drug-likeness (QED) is 0.694. The smallest absolute Gasteiger partial charge is 0.227 e. The lowest BCUT2D eigenvalue weighted by Gasteiger charge is -2.03. The maximum absolute atomic E-state index is 11.6. The van der Waals surface area contributed by atoms with E-state index >= 15 is 0 Å². The molecule has 0 bridgehead atoms. The Labute approximate surface area is 135 Å². The van der Waals surface area contributed by atoms with E-state index < -0.39 is 0 Å². The van der Waals surface area contributed by atoms with Gasteiger partial charge < -0.3 is 15.2 Å². The van der Waals surface area contributed by atoms with Crippen molar-refractivity contribution in [3.05, 3.63) is 21.8 Å². The van der Waals surface area contributed by atoms with Gasteiger partial charge in [-0.25, -0.2) is 0 Å². The van der Waals surface area contributed by atoms with Crippen LogP contribution in [0.3, 0.4) is 0 Å². The van der Waals surface area contributed by atoms with E-state index in [4.69, 9.17) is 4.52 Å². The van der Waals surface area contributed by atoms with Crippen LogP contribution in [0.4, 0.5) is 0 Å².